The molecular formula is C23H39NO2S. The Morgan fingerprint density at radius 2 is 1.78 bits per heavy atom. The molecule has 0 aromatic rings. The van der Waals surface area contributed by atoms with Crippen LogP contribution in [0.1, 0.15) is 77.6 Å². The van der Waals surface area contributed by atoms with Crippen molar-refractivity contribution < 1.29 is 9.47 Å². The van der Waals surface area contributed by atoms with E-state index in [1.165, 1.54) is 57.8 Å². The molecule has 2 saturated carbocycles. The molecule has 5 unspecified atom stereocenters. The summed E-state index contributed by atoms with van der Waals surface area (Å²) in [6.45, 7) is 3.08. The van der Waals surface area contributed by atoms with Gasteiger partial charge in [0.15, 0.2) is 0 Å². The van der Waals surface area contributed by atoms with E-state index >= 15 is 0 Å². The van der Waals surface area contributed by atoms with Gasteiger partial charge >= 0.3 is 0 Å². The van der Waals surface area contributed by atoms with Crippen LogP contribution in [0.4, 0.5) is 0 Å². The molecule has 0 aromatic heterocycles. The monoisotopic (exact) mass is 393 g/mol. The first kappa shape index (κ1) is 22.5. The number of hydrogen-bond donors (Lipinski definition) is 0. The highest BCUT2D eigenvalue weighted by molar-refractivity contribution is 7.80. The molecular weight excluding hydrogens is 354 g/mol. The average Bonchev–Trinajstić information content (AvgIpc) is 3.23. The van der Waals surface area contributed by atoms with E-state index < -0.39 is 0 Å². The van der Waals surface area contributed by atoms with Gasteiger partial charge in [0.2, 0.25) is 0 Å². The molecule has 2 aliphatic rings. The second-order valence-electron chi connectivity index (χ2n) is 8.70. The summed E-state index contributed by atoms with van der Waals surface area (Å²) in [6.07, 6.45) is 19.8. The number of hydrogen-bond acceptors (Lipinski definition) is 3. The van der Waals surface area contributed by atoms with E-state index in [9.17, 15) is 0 Å². The zero-order valence-electron chi connectivity index (χ0n) is 17.6. The maximum Gasteiger partial charge on any atom is 0.259 e. The molecule has 27 heavy (non-hydrogen) atoms. The molecule has 0 spiro atoms. The van der Waals surface area contributed by atoms with E-state index in [1.807, 2.05) is 19.0 Å². The van der Waals surface area contributed by atoms with Crippen molar-refractivity contribution in [2.45, 2.75) is 89.8 Å². The van der Waals surface area contributed by atoms with E-state index in [1.54, 1.807) is 0 Å². The van der Waals surface area contributed by atoms with Crippen LogP contribution in [0.15, 0.2) is 0 Å². The third-order valence-electron chi connectivity index (χ3n) is 6.32. The first-order valence-electron chi connectivity index (χ1n) is 11.0. The maximum absolute atomic E-state index is 6.12. The maximum atomic E-state index is 6.12. The van der Waals surface area contributed by atoms with Crippen molar-refractivity contribution in [1.29, 1.82) is 0 Å². The van der Waals surface area contributed by atoms with Crippen molar-refractivity contribution >= 4 is 17.4 Å². The number of unbranched alkanes of at least 4 members (excludes halogenated alkanes) is 6. The van der Waals surface area contributed by atoms with Crippen LogP contribution in [0.25, 0.3) is 0 Å². The number of rotatable bonds is 12. The Balaban J connectivity index is 1.59. The Morgan fingerprint density at radius 1 is 1.07 bits per heavy atom. The molecule has 4 heteroatoms. The van der Waals surface area contributed by atoms with Gasteiger partial charge < -0.3 is 14.4 Å². The van der Waals surface area contributed by atoms with E-state index in [2.05, 4.69) is 12.8 Å². The number of terminal acetylenes is 1. The van der Waals surface area contributed by atoms with Crippen LogP contribution in [0, 0.1) is 30.1 Å². The van der Waals surface area contributed by atoms with Gasteiger partial charge in [-0.15, -0.1) is 6.42 Å². The van der Waals surface area contributed by atoms with Crippen LogP contribution in [0.2, 0.25) is 0 Å². The molecule has 0 saturated heterocycles. The van der Waals surface area contributed by atoms with Gasteiger partial charge in [-0.3, -0.25) is 0 Å². The quantitative estimate of drug-likeness (QED) is 0.251. The number of nitrogens with zero attached hydrogens (tertiary/aromatic N) is 1. The molecule has 2 fully saturated rings. The van der Waals surface area contributed by atoms with E-state index in [0.29, 0.717) is 29.0 Å². The summed E-state index contributed by atoms with van der Waals surface area (Å²) >= 11 is 5.30. The lowest BCUT2D eigenvalue weighted by atomic mass is 9.88. The van der Waals surface area contributed by atoms with Gasteiger partial charge in [0.1, 0.15) is 12.2 Å². The summed E-state index contributed by atoms with van der Waals surface area (Å²) < 4.78 is 12.1. The molecule has 3 nitrogen and oxygen atoms in total. The fourth-order valence-electron chi connectivity index (χ4n) is 4.67. The smallest absolute Gasteiger partial charge is 0.259 e. The minimum absolute atomic E-state index is 0.00636. The van der Waals surface area contributed by atoms with E-state index in [4.69, 9.17) is 28.1 Å². The lowest BCUT2D eigenvalue weighted by Crippen LogP contribution is -2.33. The predicted octanol–water partition coefficient (Wildman–Crippen LogP) is 5.42. The van der Waals surface area contributed by atoms with Crippen LogP contribution in [-0.4, -0.2) is 43.0 Å². The van der Waals surface area contributed by atoms with Crippen molar-refractivity contribution in [2.24, 2.45) is 17.8 Å². The molecule has 0 radical (unpaired) electrons. The van der Waals surface area contributed by atoms with Crippen LogP contribution in [-0.2, 0) is 9.47 Å². The van der Waals surface area contributed by atoms with Gasteiger partial charge in [0, 0.05) is 14.1 Å². The lowest BCUT2D eigenvalue weighted by molar-refractivity contribution is 0.0226. The van der Waals surface area contributed by atoms with Crippen LogP contribution < -0.4 is 0 Å². The minimum atomic E-state index is -0.00636. The van der Waals surface area contributed by atoms with Gasteiger partial charge in [-0.05, 0) is 62.1 Å². The van der Waals surface area contributed by atoms with Gasteiger partial charge in [-0.1, -0.05) is 51.4 Å². The molecule has 0 amide bonds. The first-order chi connectivity index (χ1) is 13.0. The predicted molar refractivity (Wildman–Crippen MR) is 117 cm³/mol. The molecule has 154 valence electrons. The summed E-state index contributed by atoms with van der Waals surface area (Å²) in [5.74, 6) is 4.85. The highest BCUT2D eigenvalue weighted by Gasteiger charge is 2.47. The summed E-state index contributed by atoms with van der Waals surface area (Å²) in [7, 11) is 3.88. The van der Waals surface area contributed by atoms with E-state index in [0.717, 1.165) is 19.4 Å². The zero-order valence-corrected chi connectivity index (χ0v) is 18.4. The molecule has 0 aromatic carbocycles. The SMILES string of the molecule is C#CC(CCCCCCCCC)OCC1CC2CC1CC2OC(=S)N(C)C. The number of thiocarbonyl (C=S) groups is 1. The Labute approximate surface area is 172 Å². The average molecular weight is 394 g/mol. The highest BCUT2D eigenvalue weighted by Crippen LogP contribution is 2.49. The topological polar surface area (TPSA) is 21.7 Å². The molecule has 0 aliphatic heterocycles. The number of ether oxygens (including phenoxy) is 2. The summed E-state index contributed by atoms with van der Waals surface area (Å²) in [6, 6.07) is 0. The van der Waals surface area contributed by atoms with Gasteiger partial charge in [0.05, 0.1) is 6.61 Å². The van der Waals surface area contributed by atoms with Crippen molar-refractivity contribution in [3.05, 3.63) is 0 Å². The van der Waals surface area contributed by atoms with Crippen molar-refractivity contribution in [2.75, 3.05) is 20.7 Å². The minimum Gasteiger partial charge on any atom is -0.467 e. The fourth-order valence-corrected chi connectivity index (χ4v) is 4.79. The fraction of sp³-hybridized carbons (Fsp3) is 0.870. The second-order valence-corrected chi connectivity index (χ2v) is 9.05. The Morgan fingerprint density at radius 3 is 2.37 bits per heavy atom. The largest absolute Gasteiger partial charge is 0.467 e. The second kappa shape index (κ2) is 11.9. The van der Waals surface area contributed by atoms with Gasteiger partial charge in [-0.25, -0.2) is 0 Å². The number of fused-ring (bicyclic) bond motifs is 2. The highest BCUT2D eigenvalue weighted by atomic mass is 32.1. The normalized spacial score (nSPS) is 27.3. The molecule has 0 N–H and O–H groups in total. The lowest BCUT2D eigenvalue weighted by Gasteiger charge is -2.30. The Bertz CT molecular complexity index is 487. The van der Waals surface area contributed by atoms with Crippen LogP contribution in [0.3, 0.4) is 0 Å². The molecule has 2 bridgehead atoms. The summed E-state index contributed by atoms with van der Waals surface area (Å²) in [5.41, 5.74) is 0. The van der Waals surface area contributed by atoms with Crippen LogP contribution in [0.5, 0.6) is 0 Å². The van der Waals surface area contributed by atoms with Crippen molar-refractivity contribution in [3.8, 4) is 12.3 Å². The van der Waals surface area contributed by atoms with Gasteiger partial charge in [0.25, 0.3) is 5.17 Å². The molecule has 2 aliphatic carbocycles. The van der Waals surface area contributed by atoms with Crippen molar-refractivity contribution in [1.82, 2.24) is 4.90 Å². The molecule has 0 heterocycles. The van der Waals surface area contributed by atoms with E-state index in [-0.39, 0.29) is 6.10 Å². The third kappa shape index (κ3) is 7.27. The third-order valence-corrected chi connectivity index (χ3v) is 6.78. The van der Waals surface area contributed by atoms with Crippen molar-refractivity contribution in [3.63, 3.8) is 0 Å². The zero-order chi connectivity index (χ0) is 19.6. The summed E-state index contributed by atoms with van der Waals surface area (Å²) in [5, 5.41) is 0.613. The first-order valence-corrected chi connectivity index (χ1v) is 11.4. The Hall–Kier alpha value is -0.790. The summed E-state index contributed by atoms with van der Waals surface area (Å²) in [4.78, 5) is 1.88. The van der Waals surface area contributed by atoms with Crippen LogP contribution >= 0.6 is 12.2 Å². The molecule has 5 atom stereocenters. The Kier molecular flexibility index (Phi) is 9.93. The standard InChI is InChI=1S/C23H39NO2S/c1-5-7-8-9-10-11-12-13-21(6-2)25-17-20-15-19-14-18(20)16-22(19)26-23(27)24(3)4/h2,18-22H,5,7-17H2,1,3-4H3. The van der Waals surface area contributed by atoms with Gasteiger partial charge in [-0.2, -0.15) is 0 Å². The molecule has 2 rings (SSSR count).